The molecule has 0 amide bonds. The summed E-state index contributed by atoms with van der Waals surface area (Å²) in [5, 5.41) is 3.46. The Bertz CT molecular complexity index is 330. The number of hydrogen-bond acceptors (Lipinski definition) is 3. The normalized spacial score (nSPS) is 32.1. The van der Waals surface area contributed by atoms with Gasteiger partial charge in [0.15, 0.2) is 9.84 Å². The third kappa shape index (κ3) is 2.53. The SMILES string of the molecule is CC(C)NCC1(C2CCS(=O)(=O)C2)CC1. The van der Waals surface area contributed by atoms with Crippen LogP contribution in [0.3, 0.4) is 0 Å². The quantitative estimate of drug-likeness (QED) is 0.791. The molecule has 1 aliphatic carbocycles. The molecule has 2 aliphatic rings. The van der Waals surface area contributed by atoms with Gasteiger partial charge in [-0.05, 0) is 30.6 Å². The molecule has 0 bridgehead atoms. The third-order valence-electron chi connectivity index (χ3n) is 3.85. The Labute approximate surface area is 92.6 Å². The summed E-state index contributed by atoms with van der Waals surface area (Å²) >= 11 is 0. The first-order chi connectivity index (χ1) is 6.94. The standard InChI is InChI=1S/C11H21NO2S/c1-9(2)12-8-11(4-5-11)10-3-6-15(13,14)7-10/h9-10,12H,3-8H2,1-2H3. The fraction of sp³-hybridized carbons (Fsp3) is 1.00. The minimum atomic E-state index is -2.70. The molecule has 1 aliphatic heterocycles. The molecule has 0 spiro atoms. The molecule has 15 heavy (non-hydrogen) atoms. The Morgan fingerprint density at radius 1 is 1.40 bits per heavy atom. The maximum atomic E-state index is 11.4. The first kappa shape index (κ1) is 11.4. The predicted octanol–water partition coefficient (Wildman–Crippen LogP) is 1.20. The topological polar surface area (TPSA) is 46.2 Å². The molecule has 3 nitrogen and oxygen atoms in total. The van der Waals surface area contributed by atoms with Crippen LogP contribution in [0.1, 0.15) is 33.1 Å². The van der Waals surface area contributed by atoms with Crippen molar-refractivity contribution in [1.29, 1.82) is 0 Å². The minimum absolute atomic E-state index is 0.327. The van der Waals surface area contributed by atoms with Crippen molar-refractivity contribution in [2.24, 2.45) is 11.3 Å². The number of sulfone groups is 1. The van der Waals surface area contributed by atoms with Gasteiger partial charge < -0.3 is 5.32 Å². The van der Waals surface area contributed by atoms with E-state index in [1.807, 2.05) is 0 Å². The largest absolute Gasteiger partial charge is 0.314 e. The zero-order chi connectivity index (χ0) is 11.1. The first-order valence-electron chi connectivity index (χ1n) is 5.87. The lowest BCUT2D eigenvalue weighted by Crippen LogP contribution is -2.34. The Hall–Kier alpha value is -0.0900. The van der Waals surface area contributed by atoms with Crippen LogP contribution in [0.4, 0.5) is 0 Å². The second-order valence-corrected chi connectivity index (χ2v) is 7.73. The van der Waals surface area contributed by atoms with Crippen molar-refractivity contribution in [2.45, 2.75) is 39.2 Å². The van der Waals surface area contributed by atoms with Gasteiger partial charge in [-0.1, -0.05) is 13.8 Å². The van der Waals surface area contributed by atoms with Crippen molar-refractivity contribution < 1.29 is 8.42 Å². The molecule has 0 radical (unpaired) electrons. The van der Waals surface area contributed by atoms with E-state index in [1.54, 1.807) is 0 Å². The van der Waals surface area contributed by atoms with Crippen LogP contribution >= 0.6 is 0 Å². The highest BCUT2D eigenvalue weighted by Gasteiger charge is 2.52. The molecule has 1 atom stereocenters. The van der Waals surface area contributed by atoms with Crippen molar-refractivity contribution in [1.82, 2.24) is 5.32 Å². The Kier molecular flexibility index (Phi) is 2.84. The summed E-state index contributed by atoms with van der Waals surface area (Å²) in [6.07, 6.45) is 3.32. The Morgan fingerprint density at radius 3 is 2.47 bits per heavy atom. The van der Waals surface area contributed by atoms with Crippen LogP contribution in [-0.4, -0.2) is 32.5 Å². The monoisotopic (exact) mass is 231 g/mol. The van der Waals surface area contributed by atoms with E-state index in [0.29, 0.717) is 28.9 Å². The molecule has 1 unspecified atom stereocenters. The van der Waals surface area contributed by atoms with Gasteiger partial charge in [0.2, 0.25) is 0 Å². The number of nitrogens with one attached hydrogen (secondary N) is 1. The van der Waals surface area contributed by atoms with Gasteiger partial charge in [-0.2, -0.15) is 0 Å². The van der Waals surface area contributed by atoms with Crippen molar-refractivity contribution >= 4 is 9.84 Å². The maximum absolute atomic E-state index is 11.4. The summed E-state index contributed by atoms with van der Waals surface area (Å²) in [6, 6.07) is 0.500. The lowest BCUT2D eigenvalue weighted by Gasteiger charge is -2.23. The summed E-state index contributed by atoms with van der Waals surface area (Å²) in [5.41, 5.74) is 0.327. The molecule has 2 fully saturated rings. The summed E-state index contributed by atoms with van der Waals surface area (Å²) in [6.45, 7) is 5.29. The zero-order valence-corrected chi connectivity index (χ0v) is 10.4. The lowest BCUT2D eigenvalue weighted by atomic mass is 9.88. The van der Waals surface area contributed by atoms with Crippen LogP contribution in [0.2, 0.25) is 0 Å². The van der Waals surface area contributed by atoms with Crippen LogP contribution in [0.25, 0.3) is 0 Å². The van der Waals surface area contributed by atoms with E-state index in [9.17, 15) is 8.42 Å². The van der Waals surface area contributed by atoms with Gasteiger partial charge in [0.1, 0.15) is 0 Å². The molecule has 1 heterocycles. The van der Waals surface area contributed by atoms with E-state index >= 15 is 0 Å². The molecule has 0 aromatic rings. The van der Waals surface area contributed by atoms with E-state index in [0.717, 1.165) is 13.0 Å². The summed E-state index contributed by atoms with van der Waals surface area (Å²) in [7, 11) is -2.70. The van der Waals surface area contributed by atoms with Gasteiger partial charge >= 0.3 is 0 Å². The van der Waals surface area contributed by atoms with Crippen molar-refractivity contribution in [3.8, 4) is 0 Å². The highest BCUT2D eigenvalue weighted by atomic mass is 32.2. The first-order valence-corrected chi connectivity index (χ1v) is 7.69. The maximum Gasteiger partial charge on any atom is 0.150 e. The minimum Gasteiger partial charge on any atom is -0.314 e. The average molecular weight is 231 g/mol. The summed E-state index contributed by atoms with van der Waals surface area (Å²) in [4.78, 5) is 0. The number of hydrogen-bond donors (Lipinski definition) is 1. The molecule has 0 aromatic carbocycles. The molecule has 88 valence electrons. The van der Waals surface area contributed by atoms with Gasteiger partial charge in [0.25, 0.3) is 0 Å². The molecule has 2 rings (SSSR count). The molecule has 0 aromatic heterocycles. The molecule has 1 N–H and O–H groups in total. The highest BCUT2D eigenvalue weighted by molar-refractivity contribution is 7.91. The zero-order valence-electron chi connectivity index (χ0n) is 9.62. The van der Waals surface area contributed by atoms with Crippen LogP contribution in [0, 0.1) is 11.3 Å². The molecular weight excluding hydrogens is 210 g/mol. The van der Waals surface area contributed by atoms with Gasteiger partial charge in [-0.15, -0.1) is 0 Å². The van der Waals surface area contributed by atoms with Crippen LogP contribution in [0.15, 0.2) is 0 Å². The average Bonchev–Trinajstić information content (AvgIpc) is 2.83. The van der Waals surface area contributed by atoms with E-state index in [1.165, 1.54) is 12.8 Å². The van der Waals surface area contributed by atoms with Crippen LogP contribution in [0.5, 0.6) is 0 Å². The molecular formula is C11H21NO2S. The third-order valence-corrected chi connectivity index (χ3v) is 5.62. The van der Waals surface area contributed by atoms with E-state index in [2.05, 4.69) is 19.2 Å². The molecule has 1 saturated heterocycles. The summed E-state index contributed by atoms with van der Waals surface area (Å²) in [5.74, 6) is 1.28. The molecule has 1 saturated carbocycles. The van der Waals surface area contributed by atoms with Gasteiger partial charge in [0.05, 0.1) is 11.5 Å². The van der Waals surface area contributed by atoms with E-state index in [-0.39, 0.29) is 0 Å². The van der Waals surface area contributed by atoms with Crippen molar-refractivity contribution in [3.05, 3.63) is 0 Å². The van der Waals surface area contributed by atoms with Crippen molar-refractivity contribution in [2.75, 3.05) is 18.1 Å². The molecule has 4 heteroatoms. The van der Waals surface area contributed by atoms with Gasteiger partial charge in [0, 0.05) is 12.6 Å². The van der Waals surface area contributed by atoms with Crippen LogP contribution < -0.4 is 5.32 Å². The van der Waals surface area contributed by atoms with Gasteiger partial charge in [-0.3, -0.25) is 0 Å². The fourth-order valence-electron chi connectivity index (χ4n) is 2.58. The van der Waals surface area contributed by atoms with E-state index in [4.69, 9.17) is 0 Å². The van der Waals surface area contributed by atoms with Gasteiger partial charge in [-0.25, -0.2) is 8.42 Å². The van der Waals surface area contributed by atoms with E-state index < -0.39 is 9.84 Å². The fourth-order valence-corrected chi connectivity index (χ4v) is 4.52. The smallest absolute Gasteiger partial charge is 0.150 e. The summed E-state index contributed by atoms with van der Waals surface area (Å²) < 4.78 is 22.9. The predicted molar refractivity (Wildman–Crippen MR) is 61.6 cm³/mol. The van der Waals surface area contributed by atoms with Crippen molar-refractivity contribution in [3.63, 3.8) is 0 Å². The Morgan fingerprint density at radius 2 is 2.07 bits per heavy atom. The number of rotatable bonds is 4. The van der Waals surface area contributed by atoms with Crippen LogP contribution in [-0.2, 0) is 9.84 Å². The second kappa shape index (κ2) is 3.74. The lowest BCUT2D eigenvalue weighted by molar-refractivity contribution is 0.312. The highest BCUT2D eigenvalue weighted by Crippen LogP contribution is 2.54. The Balaban J connectivity index is 1.93. The second-order valence-electron chi connectivity index (χ2n) is 5.50.